The van der Waals surface area contributed by atoms with E-state index < -0.39 is 0 Å². The Kier molecular flexibility index (Phi) is 4.18. The summed E-state index contributed by atoms with van der Waals surface area (Å²) in [6, 6.07) is 43.2. The quantitative estimate of drug-likeness (QED) is 0.310. The molecule has 6 aromatic rings. The molecule has 1 heterocycles. The first-order chi connectivity index (χ1) is 15.4. The van der Waals surface area contributed by atoms with Gasteiger partial charge >= 0.3 is 0 Å². The smallest absolute Gasteiger partial charge is 0.0477 e. The van der Waals surface area contributed by atoms with Gasteiger partial charge in [-0.3, -0.25) is 0 Å². The number of hydrogen-bond donors (Lipinski definition) is 1. The molecule has 0 radical (unpaired) electrons. The molecule has 31 heavy (non-hydrogen) atoms. The zero-order chi connectivity index (χ0) is 20.6. The third-order valence-corrected chi connectivity index (χ3v) is 6.01. The standard InChI is InChI=1S/C30H21N/c1-3-9-21(10-4-1)22-15-17-23(18-16-22)25-19-27(24-11-5-2-6-12-24)30-26-13-7-8-14-28(26)31-29(30)20-25/h1-20,31H. The average Bonchev–Trinajstić information content (AvgIpc) is 3.23. The van der Waals surface area contributed by atoms with Gasteiger partial charge in [-0.05, 0) is 51.6 Å². The number of fused-ring (bicyclic) bond motifs is 3. The van der Waals surface area contributed by atoms with Gasteiger partial charge in [-0.25, -0.2) is 0 Å². The fourth-order valence-electron chi connectivity index (χ4n) is 4.48. The van der Waals surface area contributed by atoms with Crippen molar-refractivity contribution in [1.29, 1.82) is 0 Å². The number of aromatic nitrogens is 1. The molecule has 5 aromatic carbocycles. The van der Waals surface area contributed by atoms with Gasteiger partial charge in [0.1, 0.15) is 0 Å². The number of benzene rings is 5. The molecule has 146 valence electrons. The van der Waals surface area contributed by atoms with E-state index in [4.69, 9.17) is 0 Å². The molecule has 1 aromatic heterocycles. The van der Waals surface area contributed by atoms with E-state index in [1.165, 1.54) is 55.2 Å². The predicted molar refractivity (Wildman–Crippen MR) is 132 cm³/mol. The van der Waals surface area contributed by atoms with Crippen molar-refractivity contribution in [3.63, 3.8) is 0 Å². The van der Waals surface area contributed by atoms with Crippen molar-refractivity contribution in [2.45, 2.75) is 0 Å². The van der Waals surface area contributed by atoms with Crippen LogP contribution in [-0.4, -0.2) is 4.98 Å². The third kappa shape index (κ3) is 3.12. The molecule has 0 amide bonds. The summed E-state index contributed by atoms with van der Waals surface area (Å²) in [6.07, 6.45) is 0. The summed E-state index contributed by atoms with van der Waals surface area (Å²) in [5, 5.41) is 2.55. The van der Waals surface area contributed by atoms with E-state index in [-0.39, 0.29) is 0 Å². The van der Waals surface area contributed by atoms with Crippen molar-refractivity contribution in [3.05, 3.63) is 121 Å². The Morgan fingerprint density at radius 2 is 0.935 bits per heavy atom. The Labute approximate surface area is 181 Å². The SMILES string of the molecule is c1ccc(-c2ccc(-c3cc(-c4ccccc4)c4c(c3)[nH]c3ccccc34)cc2)cc1. The first-order valence-electron chi connectivity index (χ1n) is 10.6. The molecule has 1 N–H and O–H groups in total. The van der Waals surface area contributed by atoms with E-state index in [0.717, 1.165) is 0 Å². The molecule has 0 atom stereocenters. The van der Waals surface area contributed by atoms with Gasteiger partial charge in [-0.2, -0.15) is 0 Å². The average molecular weight is 396 g/mol. The number of H-pyrrole nitrogens is 1. The molecule has 0 unspecified atom stereocenters. The molecule has 0 aliphatic carbocycles. The van der Waals surface area contributed by atoms with E-state index in [1.54, 1.807) is 0 Å². The largest absolute Gasteiger partial charge is 0.354 e. The van der Waals surface area contributed by atoms with Gasteiger partial charge < -0.3 is 4.98 Å². The van der Waals surface area contributed by atoms with Crippen molar-refractivity contribution in [2.75, 3.05) is 0 Å². The lowest BCUT2D eigenvalue weighted by Gasteiger charge is -2.10. The van der Waals surface area contributed by atoms with Crippen molar-refractivity contribution >= 4 is 21.8 Å². The highest BCUT2D eigenvalue weighted by atomic mass is 14.7. The molecule has 0 bridgehead atoms. The van der Waals surface area contributed by atoms with Gasteiger partial charge in [0, 0.05) is 21.8 Å². The lowest BCUT2D eigenvalue weighted by molar-refractivity contribution is 1.53. The Bertz CT molecular complexity index is 1490. The first kappa shape index (κ1) is 17.7. The molecule has 0 aliphatic rings. The molecular formula is C30H21N. The molecule has 1 heteroatoms. The molecule has 0 saturated carbocycles. The van der Waals surface area contributed by atoms with Gasteiger partial charge in [0.25, 0.3) is 0 Å². The normalized spacial score (nSPS) is 11.2. The predicted octanol–water partition coefficient (Wildman–Crippen LogP) is 8.32. The maximum absolute atomic E-state index is 3.64. The minimum atomic E-state index is 1.17. The summed E-state index contributed by atoms with van der Waals surface area (Å²) in [5.74, 6) is 0. The van der Waals surface area contributed by atoms with Crippen molar-refractivity contribution in [1.82, 2.24) is 4.98 Å². The maximum Gasteiger partial charge on any atom is 0.0477 e. The van der Waals surface area contributed by atoms with E-state index in [1.807, 2.05) is 0 Å². The van der Waals surface area contributed by atoms with Gasteiger partial charge in [0.2, 0.25) is 0 Å². The lowest BCUT2D eigenvalue weighted by Crippen LogP contribution is -1.85. The van der Waals surface area contributed by atoms with Crippen LogP contribution in [0.3, 0.4) is 0 Å². The van der Waals surface area contributed by atoms with Gasteiger partial charge in [-0.15, -0.1) is 0 Å². The minimum Gasteiger partial charge on any atom is -0.354 e. The van der Waals surface area contributed by atoms with Gasteiger partial charge in [-0.1, -0.05) is 103 Å². The summed E-state index contributed by atoms with van der Waals surface area (Å²) in [5.41, 5.74) is 9.76. The van der Waals surface area contributed by atoms with Gasteiger partial charge in [0.15, 0.2) is 0 Å². The Balaban J connectivity index is 1.55. The van der Waals surface area contributed by atoms with E-state index in [0.29, 0.717) is 0 Å². The van der Waals surface area contributed by atoms with Crippen LogP contribution in [0.15, 0.2) is 121 Å². The van der Waals surface area contributed by atoms with Crippen LogP contribution in [0.2, 0.25) is 0 Å². The summed E-state index contributed by atoms with van der Waals surface area (Å²) in [6.45, 7) is 0. The monoisotopic (exact) mass is 395 g/mol. The van der Waals surface area contributed by atoms with Crippen LogP contribution in [0.4, 0.5) is 0 Å². The summed E-state index contributed by atoms with van der Waals surface area (Å²) < 4.78 is 0. The van der Waals surface area contributed by atoms with Crippen LogP contribution in [0.5, 0.6) is 0 Å². The molecule has 0 spiro atoms. The van der Waals surface area contributed by atoms with Gasteiger partial charge in [0.05, 0.1) is 0 Å². The number of hydrogen-bond acceptors (Lipinski definition) is 0. The molecule has 6 rings (SSSR count). The fraction of sp³-hybridized carbons (Fsp3) is 0. The van der Waals surface area contributed by atoms with Crippen LogP contribution in [-0.2, 0) is 0 Å². The third-order valence-electron chi connectivity index (χ3n) is 6.01. The molecule has 0 fully saturated rings. The van der Waals surface area contributed by atoms with Crippen LogP contribution in [0, 0.1) is 0 Å². The number of rotatable bonds is 3. The zero-order valence-electron chi connectivity index (χ0n) is 17.0. The Hall–Kier alpha value is -4.10. The van der Waals surface area contributed by atoms with E-state index >= 15 is 0 Å². The van der Waals surface area contributed by atoms with Crippen molar-refractivity contribution in [3.8, 4) is 33.4 Å². The first-order valence-corrected chi connectivity index (χ1v) is 10.6. The summed E-state index contributed by atoms with van der Waals surface area (Å²) in [4.78, 5) is 3.64. The lowest BCUT2D eigenvalue weighted by atomic mass is 9.93. The summed E-state index contributed by atoms with van der Waals surface area (Å²) in [7, 11) is 0. The van der Waals surface area contributed by atoms with Crippen LogP contribution >= 0.6 is 0 Å². The highest BCUT2D eigenvalue weighted by molar-refractivity contribution is 6.15. The zero-order valence-corrected chi connectivity index (χ0v) is 17.0. The molecule has 1 nitrogen and oxygen atoms in total. The van der Waals surface area contributed by atoms with E-state index in [2.05, 4.69) is 126 Å². The number of aromatic amines is 1. The minimum absolute atomic E-state index is 1.17. The Morgan fingerprint density at radius 3 is 1.65 bits per heavy atom. The van der Waals surface area contributed by atoms with Crippen LogP contribution in [0.25, 0.3) is 55.2 Å². The molecular weight excluding hydrogens is 374 g/mol. The maximum atomic E-state index is 3.64. The number of nitrogens with one attached hydrogen (secondary N) is 1. The highest BCUT2D eigenvalue weighted by Gasteiger charge is 2.13. The van der Waals surface area contributed by atoms with E-state index in [9.17, 15) is 0 Å². The second-order valence-electron chi connectivity index (χ2n) is 7.93. The van der Waals surface area contributed by atoms with Crippen LogP contribution < -0.4 is 0 Å². The number of para-hydroxylation sites is 1. The van der Waals surface area contributed by atoms with Crippen molar-refractivity contribution in [2.24, 2.45) is 0 Å². The molecule has 0 saturated heterocycles. The second-order valence-corrected chi connectivity index (χ2v) is 7.93. The van der Waals surface area contributed by atoms with Crippen LogP contribution in [0.1, 0.15) is 0 Å². The van der Waals surface area contributed by atoms with Crippen molar-refractivity contribution < 1.29 is 0 Å². The highest BCUT2D eigenvalue weighted by Crippen LogP contribution is 2.38. The molecule has 0 aliphatic heterocycles. The summed E-state index contributed by atoms with van der Waals surface area (Å²) >= 11 is 0. The Morgan fingerprint density at radius 1 is 0.387 bits per heavy atom. The topological polar surface area (TPSA) is 15.8 Å². The fourth-order valence-corrected chi connectivity index (χ4v) is 4.48. The second kappa shape index (κ2) is 7.30.